The number of ketones is 1. The Labute approximate surface area is 108 Å². The molecular weight excluding hydrogens is 248 g/mol. The standard InChI is InChI=1S/C14H12O5/c1-2-18-14(17)12(16)8-9-7-11(15)10-5-3-4-6-13(10)19-9/h3-7H,2,8H2,1H3. The maximum atomic E-state index is 11.8. The Morgan fingerprint density at radius 2 is 2.00 bits per heavy atom. The third-order valence-electron chi connectivity index (χ3n) is 2.52. The Hall–Kier alpha value is -2.43. The van der Waals surface area contributed by atoms with Crippen molar-refractivity contribution in [2.75, 3.05) is 6.61 Å². The Morgan fingerprint density at radius 3 is 2.74 bits per heavy atom. The summed E-state index contributed by atoms with van der Waals surface area (Å²) in [4.78, 5) is 34.5. The number of rotatable bonds is 4. The molecule has 1 aromatic heterocycles. The van der Waals surface area contributed by atoms with Gasteiger partial charge in [-0.2, -0.15) is 0 Å². The fourth-order valence-corrected chi connectivity index (χ4v) is 1.68. The van der Waals surface area contributed by atoms with Crippen molar-refractivity contribution in [3.8, 4) is 0 Å². The van der Waals surface area contributed by atoms with Gasteiger partial charge in [0, 0.05) is 6.07 Å². The highest BCUT2D eigenvalue weighted by atomic mass is 16.5. The number of fused-ring (bicyclic) bond motifs is 1. The average Bonchev–Trinajstić information content (AvgIpc) is 2.39. The molecule has 0 atom stereocenters. The van der Waals surface area contributed by atoms with Gasteiger partial charge in [0.1, 0.15) is 11.3 Å². The molecule has 2 aromatic rings. The summed E-state index contributed by atoms with van der Waals surface area (Å²) in [5.74, 6) is -1.50. The van der Waals surface area contributed by atoms with E-state index in [1.807, 2.05) is 0 Å². The molecule has 19 heavy (non-hydrogen) atoms. The topological polar surface area (TPSA) is 73.6 Å². The highest BCUT2D eigenvalue weighted by Crippen LogP contribution is 2.12. The third kappa shape index (κ3) is 2.88. The number of para-hydroxylation sites is 1. The molecule has 0 fully saturated rings. The fourth-order valence-electron chi connectivity index (χ4n) is 1.68. The zero-order valence-corrected chi connectivity index (χ0v) is 10.3. The van der Waals surface area contributed by atoms with Crippen LogP contribution in [0.15, 0.2) is 39.5 Å². The van der Waals surface area contributed by atoms with Crippen LogP contribution in [0, 0.1) is 0 Å². The molecule has 1 aromatic carbocycles. The SMILES string of the molecule is CCOC(=O)C(=O)Cc1cc(=O)c2ccccc2o1. The summed E-state index contributed by atoms with van der Waals surface area (Å²) in [5.41, 5.74) is 0.148. The number of esters is 1. The predicted molar refractivity (Wildman–Crippen MR) is 67.8 cm³/mol. The van der Waals surface area contributed by atoms with E-state index >= 15 is 0 Å². The normalized spacial score (nSPS) is 10.4. The Kier molecular flexibility index (Phi) is 3.75. The zero-order chi connectivity index (χ0) is 13.8. The van der Waals surface area contributed by atoms with Crippen LogP contribution in [-0.4, -0.2) is 18.4 Å². The van der Waals surface area contributed by atoms with Crippen molar-refractivity contribution in [1.29, 1.82) is 0 Å². The van der Waals surface area contributed by atoms with E-state index in [1.165, 1.54) is 6.07 Å². The number of ether oxygens (including phenoxy) is 1. The van der Waals surface area contributed by atoms with Gasteiger partial charge in [0.15, 0.2) is 5.43 Å². The first-order valence-electron chi connectivity index (χ1n) is 5.83. The summed E-state index contributed by atoms with van der Waals surface area (Å²) in [6.45, 7) is 1.74. The van der Waals surface area contributed by atoms with E-state index in [1.54, 1.807) is 31.2 Å². The molecule has 5 nitrogen and oxygen atoms in total. The quantitative estimate of drug-likeness (QED) is 0.614. The minimum absolute atomic E-state index is 0.131. The predicted octanol–water partition coefficient (Wildman–Crippen LogP) is 1.47. The number of Topliss-reactive ketones (excluding diaryl/α,β-unsaturated/α-hetero) is 1. The van der Waals surface area contributed by atoms with Gasteiger partial charge in [-0.1, -0.05) is 12.1 Å². The van der Waals surface area contributed by atoms with Crippen LogP contribution in [0.3, 0.4) is 0 Å². The van der Waals surface area contributed by atoms with E-state index in [0.29, 0.717) is 11.0 Å². The Balaban J connectivity index is 2.29. The van der Waals surface area contributed by atoms with E-state index in [-0.39, 0.29) is 24.2 Å². The van der Waals surface area contributed by atoms with Crippen molar-refractivity contribution in [2.45, 2.75) is 13.3 Å². The molecule has 0 radical (unpaired) electrons. The summed E-state index contributed by atoms with van der Waals surface area (Å²) >= 11 is 0. The van der Waals surface area contributed by atoms with Crippen molar-refractivity contribution in [1.82, 2.24) is 0 Å². The highest BCUT2D eigenvalue weighted by molar-refractivity contribution is 6.34. The molecule has 0 N–H and O–H groups in total. The van der Waals surface area contributed by atoms with Gasteiger partial charge in [0.25, 0.3) is 0 Å². The van der Waals surface area contributed by atoms with Crippen molar-refractivity contribution in [3.63, 3.8) is 0 Å². The molecule has 0 saturated carbocycles. The van der Waals surface area contributed by atoms with Crippen LogP contribution < -0.4 is 5.43 Å². The number of carbonyl (C=O) groups excluding carboxylic acids is 2. The lowest BCUT2D eigenvalue weighted by Gasteiger charge is -2.02. The average molecular weight is 260 g/mol. The molecule has 0 unspecified atom stereocenters. The molecule has 2 rings (SSSR count). The van der Waals surface area contributed by atoms with Gasteiger partial charge >= 0.3 is 5.97 Å². The first-order chi connectivity index (χ1) is 9.11. The molecule has 98 valence electrons. The maximum Gasteiger partial charge on any atom is 0.375 e. The van der Waals surface area contributed by atoms with Gasteiger partial charge in [-0.25, -0.2) is 4.79 Å². The lowest BCUT2D eigenvalue weighted by atomic mass is 10.2. The van der Waals surface area contributed by atoms with Gasteiger partial charge in [0.05, 0.1) is 18.4 Å². The van der Waals surface area contributed by atoms with E-state index in [0.717, 1.165) is 0 Å². The fraction of sp³-hybridized carbons (Fsp3) is 0.214. The van der Waals surface area contributed by atoms with E-state index < -0.39 is 11.8 Å². The van der Waals surface area contributed by atoms with Crippen LogP contribution in [0.5, 0.6) is 0 Å². The van der Waals surface area contributed by atoms with E-state index in [9.17, 15) is 14.4 Å². The molecule has 0 amide bonds. The zero-order valence-electron chi connectivity index (χ0n) is 10.3. The van der Waals surface area contributed by atoms with Crippen LogP contribution >= 0.6 is 0 Å². The van der Waals surface area contributed by atoms with Crippen LogP contribution in [0.2, 0.25) is 0 Å². The van der Waals surface area contributed by atoms with Crippen LogP contribution in [0.1, 0.15) is 12.7 Å². The molecule has 0 spiro atoms. The lowest BCUT2D eigenvalue weighted by molar-refractivity contribution is -0.153. The monoisotopic (exact) mass is 260 g/mol. The van der Waals surface area contributed by atoms with Gasteiger partial charge in [-0.3, -0.25) is 9.59 Å². The molecule has 0 aliphatic rings. The minimum Gasteiger partial charge on any atom is -0.460 e. The molecule has 0 saturated heterocycles. The largest absolute Gasteiger partial charge is 0.460 e. The van der Waals surface area contributed by atoms with Crippen molar-refractivity contribution >= 4 is 22.7 Å². The minimum atomic E-state index is -0.918. The molecule has 0 aliphatic carbocycles. The van der Waals surface area contributed by atoms with Crippen molar-refractivity contribution in [2.24, 2.45) is 0 Å². The molecule has 1 heterocycles. The van der Waals surface area contributed by atoms with Gasteiger partial charge in [-0.15, -0.1) is 0 Å². The number of hydrogen-bond donors (Lipinski definition) is 0. The van der Waals surface area contributed by atoms with Gasteiger partial charge in [0.2, 0.25) is 5.78 Å². The third-order valence-corrected chi connectivity index (χ3v) is 2.52. The Bertz CT molecular complexity index is 684. The van der Waals surface area contributed by atoms with Crippen LogP contribution in [-0.2, 0) is 20.7 Å². The summed E-state index contributed by atoms with van der Waals surface area (Å²) in [6, 6.07) is 7.94. The molecule has 0 aliphatic heterocycles. The number of benzene rings is 1. The first-order valence-corrected chi connectivity index (χ1v) is 5.83. The highest BCUT2D eigenvalue weighted by Gasteiger charge is 2.17. The van der Waals surface area contributed by atoms with Crippen molar-refractivity contribution < 1.29 is 18.7 Å². The van der Waals surface area contributed by atoms with Crippen molar-refractivity contribution in [3.05, 3.63) is 46.3 Å². The second-order valence-electron chi connectivity index (χ2n) is 3.89. The summed E-state index contributed by atoms with van der Waals surface area (Å²) in [7, 11) is 0. The van der Waals surface area contributed by atoms with Gasteiger partial charge in [-0.05, 0) is 19.1 Å². The lowest BCUT2D eigenvalue weighted by Crippen LogP contribution is -2.20. The second kappa shape index (κ2) is 5.48. The number of hydrogen-bond acceptors (Lipinski definition) is 5. The molecule has 0 bridgehead atoms. The van der Waals surface area contributed by atoms with Gasteiger partial charge < -0.3 is 9.15 Å². The maximum absolute atomic E-state index is 11.8. The Morgan fingerprint density at radius 1 is 1.26 bits per heavy atom. The molecular formula is C14H12O5. The second-order valence-corrected chi connectivity index (χ2v) is 3.89. The number of carbonyl (C=O) groups is 2. The van der Waals surface area contributed by atoms with E-state index in [2.05, 4.69) is 4.74 Å². The summed E-state index contributed by atoms with van der Waals surface area (Å²) in [6.07, 6.45) is -0.279. The smallest absolute Gasteiger partial charge is 0.375 e. The first kappa shape index (κ1) is 13.0. The van der Waals surface area contributed by atoms with Crippen LogP contribution in [0.4, 0.5) is 0 Å². The summed E-state index contributed by atoms with van der Waals surface area (Å²) in [5, 5.41) is 0.440. The molecule has 5 heteroatoms. The summed E-state index contributed by atoms with van der Waals surface area (Å²) < 4.78 is 10.00. The van der Waals surface area contributed by atoms with Crippen LogP contribution in [0.25, 0.3) is 11.0 Å². The van der Waals surface area contributed by atoms with E-state index in [4.69, 9.17) is 4.42 Å².